The minimum absolute atomic E-state index is 0.137. The van der Waals surface area contributed by atoms with E-state index in [1.165, 1.54) is 0 Å². The quantitative estimate of drug-likeness (QED) is 0.677. The highest BCUT2D eigenvalue weighted by Crippen LogP contribution is 2.29. The summed E-state index contributed by atoms with van der Waals surface area (Å²) in [7, 11) is 1.89. The number of rotatable bonds is 4. The van der Waals surface area contributed by atoms with E-state index in [9.17, 15) is 5.11 Å². The highest BCUT2D eigenvalue weighted by atomic mass is 16.3. The molecule has 0 radical (unpaired) electrons. The van der Waals surface area contributed by atoms with Gasteiger partial charge in [0.25, 0.3) is 0 Å². The van der Waals surface area contributed by atoms with E-state index >= 15 is 0 Å². The molecule has 0 spiro atoms. The van der Waals surface area contributed by atoms with Crippen molar-refractivity contribution in [1.29, 1.82) is 0 Å². The van der Waals surface area contributed by atoms with Crippen molar-refractivity contribution in [2.24, 2.45) is 11.8 Å². The lowest BCUT2D eigenvalue weighted by Gasteiger charge is -2.41. The molecule has 2 N–H and O–H groups in total. The van der Waals surface area contributed by atoms with Gasteiger partial charge in [-0.25, -0.2) is 0 Å². The van der Waals surface area contributed by atoms with Gasteiger partial charge in [-0.2, -0.15) is 0 Å². The fraction of sp³-hybridized carbons (Fsp3) is 1.00. The Morgan fingerprint density at radius 1 is 1.00 bits per heavy atom. The van der Waals surface area contributed by atoms with Crippen LogP contribution in [0.5, 0.6) is 0 Å². The maximum atomic E-state index is 10.4. The van der Waals surface area contributed by atoms with Crippen LogP contribution >= 0.6 is 0 Å². The Hall–Kier alpha value is -0.0800. The fourth-order valence-corrected chi connectivity index (χ4v) is 1.90. The maximum absolute atomic E-state index is 10.4. The Balaban J connectivity index is 4.61. The van der Waals surface area contributed by atoms with Crippen molar-refractivity contribution in [3.8, 4) is 0 Å². The highest BCUT2D eigenvalue weighted by Gasteiger charge is 2.39. The molecule has 2 heteroatoms. The van der Waals surface area contributed by atoms with Crippen molar-refractivity contribution in [1.82, 2.24) is 5.32 Å². The van der Waals surface area contributed by atoms with Crippen molar-refractivity contribution in [3.63, 3.8) is 0 Å². The van der Waals surface area contributed by atoms with Crippen molar-refractivity contribution in [2.45, 2.75) is 46.3 Å². The molecule has 0 rings (SSSR count). The van der Waals surface area contributed by atoms with E-state index < -0.39 is 5.60 Å². The molecule has 0 aromatic carbocycles. The second-order valence-corrected chi connectivity index (χ2v) is 4.21. The van der Waals surface area contributed by atoms with E-state index in [0.717, 1.165) is 0 Å². The third-order valence-corrected chi connectivity index (χ3v) is 2.98. The van der Waals surface area contributed by atoms with Gasteiger partial charge in [-0.05, 0) is 25.8 Å². The normalized spacial score (nSPS) is 15.8. The average molecular weight is 173 g/mol. The molecule has 0 amide bonds. The van der Waals surface area contributed by atoms with Crippen LogP contribution < -0.4 is 5.32 Å². The van der Waals surface area contributed by atoms with Gasteiger partial charge in [0.15, 0.2) is 0 Å². The number of nitrogens with one attached hydrogen (secondary N) is 1. The summed E-state index contributed by atoms with van der Waals surface area (Å²) >= 11 is 0. The maximum Gasteiger partial charge on any atom is 0.0842 e. The predicted octanol–water partition coefficient (Wildman–Crippen LogP) is 1.64. The summed E-state index contributed by atoms with van der Waals surface area (Å²) in [6, 6.07) is 0.137. The van der Waals surface area contributed by atoms with Crippen LogP contribution in [0.2, 0.25) is 0 Å². The van der Waals surface area contributed by atoms with E-state index in [4.69, 9.17) is 0 Å². The van der Waals surface area contributed by atoms with Crippen LogP contribution in [0.25, 0.3) is 0 Å². The summed E-state index contributed by atoms with van der Waals surface area (Å²) in [4.78, 5) is 0. The van der Waals surface area contributed by atoms with Crippen LogP contribution in [-0.2, 0) is 0 Å². The average Bonchev–Trinajstić information content (AvgIpc) is 2.00. The molecule has 0 aliphatic heterocycles. The van der Waals surface area contributed by atoms with Gasteiger partial charge in [-0.1, -0.05) is 27.7 Å². The molecule has 1 unspecified atom stereocenters. The molecule has 0 aromatic heterocycles. The summed E-state index contributed by atoms with van der Waals surface area (Å²) in [6.07, 6.45) is 0. The molecule has 0 saturated carbocycles. The van der Waals surface area contributed by atoms with E-state index in [1.54, 1.807) is 0 Å². The number of aliphatic hydroxyl groups is 1. The molecular weight excluding hydrogens is 150 g/mol. The lowest BCUT2D eigenvalue weighted by atomic mass is 9.75. The lowest BCUT2D eigenvalue weighted by molar-refractivity contribution is -0.0711. The number of likely N-dealkylation sites (N-methyl/N-ethyl adjacent to an activating group) is 1. The molecule has 12 heavy (non-hydrogen) atoms. The molecule has 0 aliphatic carbocycles. The molecule has 1 atom stereocenters. The zero-order valence-electron chi connectivity index (χ0n) is 9.18. The Kier molecular flexibility index (Phi) is 4.21. The summed E-state index contributed by atoms with van der Waals surface area (Å²) in [5, 5.41) is 13.5. The Bertz CT molecular complexity index is 124. The smallest absolute Gasteiger partial charge is 0.0842 e. The van der Waals surface area contributed by atoms with Gasteiger partial charge in [0.2, 0.25) is 0 Å². The third kappa shape index (κ3) is 1.99. The largest absolute Gasteiger partial charge is 0.388 e. The van der Waals surface area contributed by atoms with Crippen molar-refractivity contribution in [3.05, 3.63) is 0 Å². The first kappa shape index (κ1) is 11.9. The van der Waals surface area contributed by atoms with Crippen molar-refractivity contribution in [2.75, 3.05) is 7.05 Å². The van der Waals surface area contributed by atoms with Crippen LogP contribution in [0, 0.1) is 11.8 Å². The summed E-state index contributed by atoms with van der Waals surface area (Å²) < 4.78 is 0. The highest BCUT2D eigenvalue weighted by molar-refractivity contribution is 4.93. The standard InChI is InChI=1S/C10H23NO/c1-7(2)10(12,8(3)4)9(5)11-6/h7-9,11-12H,1-6H3. The second-order valence-electron chi connectivity index (χ2n) is 4.21. The molecule has 0 bridgehead atoms. The molecule has 0 heterocycles. The Morgan fingerprint density at radius 3 is 1.42 bits per heavy atom. The van der Waals surface area contributed by atoms with Crippen LogP contribution in [-0.4, -0.2) is 23.8 Å². The van der Waals surface area contributed by atoms with Crippen LogP contribution in [0.15, 0.2) is 0 Å². The van der Waals surface area contributed by atoms with Gasteiger partial charge < -0.3 is 10.4 Å². The van der Waals surface area contributed by atoms with Crippen LogP contribution in [0.3, 0.4) is 0 Å². The summed E-state index contributed by atoms with van der Waals surface area (Å²) in [6.45, 7) is 10.3. The summed E-state index contributed by atoms with van der Waals surface area (Å²) in [5.41, 5.74) is -0.602. The summed E-state index contributed by atoms with van der Waals surface area (Å²) in [5.74, 6) is 0.555. The molecule has 74 valence electrons. The first-order valence-corrected chi connectivity index (χ1v) is 4.77. The minimum Gasteiger partial charge on any atom is -0.388 e. The minimum atomic E-state index is -0.602. The van der Waals surface area contributed by atoms with Crippen LogP contribution in [0.4, 0.5) is 0 Å². The van der Waals surface area contributed by atoms with Gasteiger partial charge in [0.1, 0.15) is 0 Å². The fourth-order valence-electron chi connectivity index (χ4n) is 1.90. The zero-order valence-corrected chi connectivity index (χ0v) is 9.18. The lowest BCUT2D eigenvalue weighted by Crippen LogP contribution is -2.55. The second kappa shape index (κ2) is 4.24. The third-order valence-electron chi connectivity index (χ3n) is 2.98. The first-order valence-electron chi connectivity index (χ1n) is 4.77. The molecule has 0 aliphatic rings. The molecular formula is C10H23NO. The number of hydrogen-bond donors (Lipinski definition) is 2. The molecule has 0 fully saturated rings. The monoisotopic (exact) mass is 173 g/mol. The molecule has 0 saturated heterocycles. The van der Waals surface area contributed by atoms with Crippen molar-refractivity contribution < 1.29 is 5.11 Å². The zero-order chi connectivity index (χ0) is 9.94. The van der Waals surface area contributed by atoms with Gasteiger partial charge in [0.05, 0.1) is 5.60 Å². The Morgan fingerprint density at radius 2 is 1.33 bits per heavy atom. The SMILES string of the molecule is CNC(C)C(O)(C(C)C)C(C)C. The molecule has 0 aromatic rings. The Labute approximate surface area is 76.4 Å². The number of hydrogen-bond acceptors (Lipinski definition) is 2. The predicted molar refractivity (Wildman–Crippen MR) is 53.1 cm³/mol. The van der Waals surface area contributed by atoms with Gasteiger partial charge in [-0.3, -0.25) is 0 Å². The topological polar surface area (TPSA) is 32.3 Å². The first-order chi connectivity index (χ1) is 5.37. The van der Waals surface area contributed by atoms with E-state index in [-0.39, 0.29) is 17.9 Å². The van der Waals surface area contributed by atoms with E-state index in [0.29, 0.717) is 0 Å². The van der Waals surface area contributed by atoms with Gasteiger partial charge in [0, 0.05) is 6.04 Å². The molecule has 2 nitrogen and oxygen atoms in total. The van der Waals surface area contributed by atoms with Gasteiger partial charge >= 0.3 is 0 Å². The van der Waals surface area contributed by atoms with E-state index in [1.807, 2.05) is 14.0 Å². The van der Waals surface area contributed by atoms with Crippen LogP contribution in [0.1, 0.15) is 34.6 Å². The van der Waals surface area contributed by atoms with Gasteiger partial charge in [-0.15, -0.1) is 0 Å². The van der Waals surface area contributed by atoms with Crippen molar-refractivity contribution >= 4 is 0 Å². The van der Waals surface area contributed by atoms with E-state index in [2.05, 4.69) is 33.0 Å².